The molecule has 0 bridgehead atoms. The largest absolute Gasteiger partial charge is 0.176 e. The molecule has 1 heteroatoms. The third-order valence-electron chi connectivity index (χ3n) is 4.12. The first kappa shape index (κ1) is 14.2. The lowest BCUT2D eigenvalue weighted by molar-refractivity contribution is 0.288. The van der Waals surface area contributed by atoms with Crippen LogP contribution in [0.4, 0.5) is 0 Å². The number of allylic oxidation sites excluding steroid dienone is 1. The van der Waals surface area contributed by atoms with Crippen molar-refractivity contribution in [2.24, 2.45) is 11.3 Å². The van der Waals surface area contributed by atoms with Crippen LogP contribution in [0.25, 0.3) is 0 Å². The number of hydrogen-bond donors (Lipinski definition) is 1. The molecule has 1 aliphatic carbocycles. The van der Waals surface area contributed by atoms with Crippen LogP contribution in [0.5, 0.6) is 0 Å². The van der Waals surface area contributed by atoms with Crippen LogP contribution in [-0.2, 0) is 0 Å². The van der Waals surface area contributed by atoms with Crippen molar-refractivity contribution in [3.8, 4) is 0 Å². The molecule has 2 atom stereocenters. The molecule has 1 aliphatic rings. The van der Waals surface area contributed by atoms with Crippen molar-refractivity contribution in [1.29, 1.82) is 0 Å². The van der Waals surface area contributed by atoms with Crippen LogP contribution < -0.4 is 0 Å². The molecule has 0 aromatic heterocycles. The van der Waals surface area contributed by atoms with Gasteiger partial charge in [-0.1, -0.05) is 39.3 Å². The highest BCUT2D eigenvalue weighted by atomic mass is 32.1. The molecule has 0 aliphatic heterocycles. The first-order valence-corrected chi connectivity index (χ1v) is 7.27. The van der Waals surface area contributed by atoms with Crippen molar-refractivity contribution in [2.75, 3.05) is 0 Å². The summed E-state index contributed by atoms with van der Waals surface area (Å²) in [5, 5.41) is 0.568. The molecule has 94 valence electrons. The van der Waals surface area contributed by atoms with Crippen molar-refractivity contribution in [1.82, 2.24) is 0 Å². The Balaban J connectivity index is 2.58. The summed E-state index contributed by atoms with van der Waals surface area (Å²) in [6, 6.07) is 0. The van der Waals surface area contributed by atoms with Gasteiger partial charge in [-0.3, -0.25) is 0 Å². The predicted molar refractivity (Wildman–Crippen MR) is 77.2 cm³/mol. The zero-order chi connectivity index (χ0) is 12.2. The first-order valence-electron chi connectivity index (χ1n) is 6.75. The van der Waals surface area contributed by atoms with Gasteiger partial charge in [0, 0.05) is 5.25 Å². The second-order valence-corrected chi connectivity index (χ2v) is 7.05. The van der Waals surface area contributed by atoms with E-state index in [1.807, 2.05) is 0 Å². The molecular formula is C15H28S. The van der Waals surface area contributed by atoms with Gasteiger partial charge in [-0.25, -0.2) is 0 Å². The molecule has 0 radical (unpaired) electrons. The zero-order valence-electron chi connectivity index (χ0n) is 11.3. The van der Waals surface area contributed by atoms with Crippen molar-refractivity contribution < 1.29 is 0 Å². The molecule has 0 aromatic rings. The van der Waals surface area contributed by atoms with E-state index in [4.69, 9.17) is 12.6 Å². The second-order valence-electron chi connectivity index (χ2n) is 6.39. The van der Waals surface area contributed by atoms with E-state index < -0.39 is 0 Å². The molecule has 0 aromatic carbocycles. The molecular weight excluding hydrogens is 212 g/mol. The fourth-order valence-corrected chi connectivity index (χ4v) is 2.77. The van der Waals surface area contributed by atoms with Gasteiger partial charge in [0.25, 0.3) is 0 Å². The van der Waals surface area contributed by atoms with Gasteiger partial charge in [-0.05, 0) is 49.9 Å². The smallest absolute Gasteiger partial charge is 0.00454 e. The van der Waals surface area contributed by atoms with Gasteiger partial charge in [0.05, 0.1) is 0 Å². The van der Waals surface area contributed by atoms with Gasteiger partial charge in [-0.15, -0.1) is 0 Å². The van der Waals surface area contributed by atoms with Crippen LogP contribution in [0.15, 0.2) is 12.2 Å². The van der Waals surface area contributed by atoms with Gasteiger partial charge in [0.2, 0.25) is 0 Å². The van der Waals surface area contributed by atoms with Gasteiger partial charge < -0.3 is 0 Å². The number of hydrogen-bond acceptors (Lipinski definition) is 1. The molecule has 16 heavy (non-hydrogen) atoms. The molecule has 2 unspecified atom stereocenters. The summed E-state index contributed by atoms with van der Waals surface area (Å²) in [4.78, 5) is 0. The summed E-state index contributed by atoms with van der Waals surface area (Å²) in [5.41, 5.74) is 1.93. The van der Waals surface area contributed by atoms with Gasteiger partial charge in [-0.2, -0.15) is 12.6 Å². The van der Waals surface area contributed by atoms with E-state index in [0.29, 0.717) is 10.7 Å². The molecule has 0 N–H and O–H groups in total. The molecule has 0 spiro atoms. The molecule has 0 saturated heterocycles. The second kappa shape index (κ2) is 6.14. The summed E-state index contributed by atoms with van der Waals surface area (Å²) in [6.45, 7) is 11.4. The summed E-state index contributed by atoms with van der Waals surface area (Å²) in [6.07, 6.45) is 8.95. The molecule has 0 heterocycles. The van der Waals surface area contributed by atoms with Crippen LogP contribution in [0, 0.1) is 11.3 Å². The Labute approximate surface area is 107 Å². The Kier molecular flexibility index (Phi) is 5.43. The minimum Gasteiger partial charge on any atom is -0.176 e. The summed E-state index contributed by atoms with van der Waals surface area (Å²) in [7, 11) is 0. The maximum absolute atomic E-state index is 4.73. The van der Waals surface area contributed by atoms with Crippen LogP contribution in [0.3, 0.4) is 0 Å². The lowest BCUT2D eigenvalue weighted by Gasteiger charge is -2.25. The molecule has 1 fully saturated rings. The summed E-state index contributed by atoms with van der Waals surface area (Å²) in [5.74, 6) is 0.755. The van der Waals surface area contributed by atoms with Crippen LogP contribution >= 0.6 is 12.6 Å². The Morgan fingerprint density at radius 3 is 2.56 bits per heavy atom. The van der Waals surface area contributed by atoms with Gasteiger partial charge in [0.15, 0.2) is 0 Å². The number of thiol groups is 1. The van der Waals surface area contributed by atoms with Gasteiger partial charge in [0.1, 0.15) is 0 Å². The molecule has 1 rings (SSSR count). The average Bonchev–Trinajstić information content (AvgIpc) is 2.23. The Hall–Kier alpha value is 0.0900. The van der Waals surface area contributed by atoms with Crippen LogP contribution in [0.1, 0.15) is 65.7 Å². The van der Waals surface area contributed by atoms with E-state index in [-0.39, 0.29) is 0 Å². The Bertz CT molecular complexity index is 230. The molecule has 0 amide bonds. The van der Waals surface area contributed by atoms with Crippen molar-refractivity contribution >= 4 is 12.6 Å². The lowest BCUT2D eigenvalue weighted by atomic mass is 9.81. The fourth-order valence-electron chi connectivity index (χ4n) is 2.50. The highest BCUT2D eigenvalue weighted by molar-refractivity contribution is 7.81. The van der Waals surface area contributed by atoms with E-state index in [2.05, 4.69) is 27.4 Å². The maximum atomic E-state index is 4.73. The molecule has 0 nitrogen and oxygen atoms in total. The molecule has 1 saturated carbocycles. The van der Waals surface area contributed by atoms with Crippen LogP contribution in [0.2, 0.25) is 0 Å². The van der Waals surface area contributed by atoms with Crippen molar-refractivity contribution in [3.05, 3.63) is 12.2 Å². The minimum atomic E-state index is 0.499. The summed E-state index contributed by atoms with van der Waals surface area (Å²) >= 11 is 4.73. The van der Waals surface area contributed by atoms with Crippen LogP contribution in [-0.4, -0.2) is 5.25 Å². The van der Waals surface area contributed by atoms with E-state index in [0.717, 1.165) is 5.92 Å². The SMILES string of the molecule is C=C1CCC(S)C(C)CCCC(C)(C)CC1. The predicted octanol–water partition coefficient (Wildman–Crippen LogP) is 5.25. The van der Waals surface area contributed by atoms with E-state index in [1.54, 1.807) is 0 Å². The highest BCUT2D eigenvalue weighted by Gasteiger charge is 2.21. The standard InChI is InChI=1S/C15H28S/c1-12-7-8-14(16)13(2)6-5-10-15(3,4)11-9-12/h13-14,16H,1,5-11H2,2-4H3. The van der Waals surface area contributed by atoms with E-state index in [9.17, 15) is 0 Å². The normalized spacial score (nSPS) is 33.1. The third-order valence-corrected chi connectivity index (χ3v) is 4.89. The first-order chi connectivity index (χ1) is 7.41. The zero-order valence-corrected chi connectivity index (χ0v) is 12.2. The quantitative estimate of drug-likeness (QED) is 0.434. The van der Waals surface area contributed by atoms with Crippen molar-refractivity contribution in [2.45, 2.75) is 71.0 Å². The fraction of sp³-hybridized carbons (Fsp3) is 0.867. The van der Waals surface area contributed by atoms with E-state index >= 15 is 0 Å². The van der Waals surface area contributed by atoms with Crippen molar-refractivity contribution in [3.63, 3.8) is 0 Å². The number of rotatable bonds is 0. The topological polar surface area (TPSA) is 0 Å². The maximum Gasteiger partial charge on any atom is 0.00454 e. The highest BCUT2D eigenvalue weighted by Crippen LogP contribution is 2.34. The average molecular weight is 240 g/mol. The van der Waals surface area contributed by atoms with Gasteiger partial charge >= 0.3 is 0 Å². The Morgan fingerprint density at radius 1 is 1.19 bits per heavy atom. The summed E-state index contributed by atoms with van der Waals surface area (Å²) < 4.78 is 0. The monoisotopic (exact) mass is 240 g/mol. The lowest BCUT2D eigenvalue weighted by Crippen LogP contribution is -2.13. The van der Waals surface area contributed by atoms with E-state index in [1.165, 1.54) is 50.5 Å². The minimum absolute atomic E-state index is 0.499. The Morgan fingerprint density at radius 2 is 1.88 bits per heavy atom. The third kappa shape index (κ3) is 4.95.